The minimum atomic E-state index is -0.311. The molecule has 0 fully saturated rings. The number of carbonyl (C=O) groups excluding carboxylic acids is 1. The van der Waals surface area contributed by atoms with Crippen LogP contribution in [-0.2, 0) is 6.42 Å². The van der Waals surface area contributed by atoms with Gasteiger partial charge in [0.15, 0.2) is 0 Å². The summed E-state index contributed by atoms with van der Waals surface area (Å²) in [6, 6.07) is 4.38. The number of halogens is 1. The maximum atomic E-state index is 13.1. The Bertz CT molecular complexity index is 812. The summed E-state index contributed by atoms with van der Waals surface area (Å²) in [4.78, 5) is 27.3. The molecule has 0 aliphatic rings. The predicted octanol–water partition coefficient (Wildman–Crippen LogP) is 1.77. The molecule has 0 aliphatic heterocycles. The number of benzene rings is 1. The van der Waals surface area contributed by atoms with Crippen LogP contribution in [0, 0.1) is 12.7 Å². The first-order chi connectivity index (χ1) is 10.6. The highest BCUT2D eigenvalue weighted by atomic mass is 19.1. The second-order valence-corrected chi connectivity index (χ2v) is 4.89. The Labute approximate surface area is 125 Å². The molecule has 0 unspecified atom stereocenters. The Morgan fingerprint density at radius 1 is 1.32 bits per heavy atom. The summed E-state index contributed by atoms with van der Waals surface area (Å²) in [5, 5.41) is 2.75. The van der Waals surface area contributed by atoms with E-state index in [9.17, 15) is 9.18 Å². The lowest BCUT2D eigenvalue weighted by Gasteiger charge is -2.03. The number of nitrogens with one attached hydrogen (secondary N) is 2. The number of aryl methyl sites for hydroxylation is 1. The number of fused-ring (bicyclic) bond motifs is 1. The van der Waals surface area contributed by atoms with Gasteiger partial charge in [-0.2, -0.15) is 0 Å². The van der Waals surface area contributed by atoms with Gasteiger partial charge in [-0.05, 0) is 25.1 Å². The highest BCUT2D eigenvalue weighted by molar-refractivity contribution is 5.91. The molecule has 2 N–H and O–H groups in total. The van der Waals surface area contributed by atoms with Crippen LogP contribution in [0.5, 0.6) is 0 Å². The van der Waals surface area contributed by atoms with Crippen molar-refractivity contribution < 1.29 is 9.18 Å². The van der Waals surface area contributed by atoms with E-state index in [1.807, 2.05) is 0 Å². The Kier molecular flexibility index (Phi) is 3.78. The summed E-state index contributed by atoms with van der Waals surface area (Å²) in [7, 11) is 0. The number of hydrogen-bond acceptors (Lipinski definition) is 4. The molecule has 112 valence electrons. The fourth-order valence-corrected chi connectivity index (χ4v) is 2.05. The Hall–Kier alpha value is -2.83. The Morgan fingerprint density at radius 3 is 2.95 bits per heavy atom. The van der Waals surface area contributed by atoms with Gasteiger partial charge in [0.05, 0.1) is 22.9 Å². The normalized spacial score (nSPS) is 10.8. The van der Waals surface area contributed by atoms with Gasteiger partial charge in [0.1, 0.15) is 17.3 Å². The minimum Gasteiger partial charge on any atom is -0.350 e. The van der Waals surface area contributed by atoms with E-state index in [1.54, 1.807) is 19.2 Å². The van der Waals surface area contributed by atoms with Crippen LogP contribution in [0.2, 0.25) is 0 Å². The van der Waals surface area contributed by atoms with Crippen molar-refractivity contribution in [3.63, 3.8) is 0 Å². The maximum absolute atomic E-state index is 13.1. The van der Waals surface area contributed by atoms with E-state index in [4.69, 9.17) is 0 Å². The summed E-state index contributed by atoms with van der Waals surface area (Å²) < 4.78 is 13.1. The molecule has 1 amide bonds. The van der Waals surface area contributed by atoms with Crippen molar-refractivity contribution in [2.24, 2.45) is 0 Å². The molecule has 0 saturated carbocycles. The maximum Gasteiger partial charge on any atom is 0.271 e. The van der Waals surface area contributed by atoms with Crippen LogP contribution < -0.4 is 5.32 Å². The van der Waals surface area contributed by atoms with Crippen LogP contribution in [0.4, 0.5) is 4.39 Å². The number of carbonyl (C=O) groups is 1. The standard InChI is InChI=1S/C15H14FN5O/c1-9-7-19-13(8-18-9)15(22)17-5-4-14-20-11-3-2-10(16)6-12(11)21-14/h2-3,6-8H,4-5H2,1H3,(H,17,22)(H,20,21). The molecule has 2 aromatic heterocycles. The van der Waals surface area contributed by atoms with Crippen LogP contribution in [0.15, 0.2) is 30.6 Å². The van der Waals surface area contributed by atoms with E-state index in [-0.39, 0.29) is 17.4 Å². The van der Waals surface area contributed by atoms with Gasteiger partial charge in [-0.3, -0.25) is 9.78 Å². The van der Waals surface area contributed by atoms with Crippen LogP contribution >= 0.6 is 0 Å². The first-order valence-corrected chi connectivity index (χ1v) is 6.83. The van der Waals surface area contributed by atoms with Gasteiger partial charge < -0.3 is 10.3 Å². The molecular weight excluding hydrogens is 285 g/mol. The van der Waals surface area contributed by atoms with Crippen LogP contribution in [0.1, 0.15) is 22.0 Å². The van der Waals surface area contributed by atoms with E-state index in [2.05, 4.69) is 25.3 Å². The molecule has 7 heteroatoms. The molecule has 1 aromatic carbocycles. The van der Waals surface area contributed by atoms with Crippen LogP contribution in [0.25, 0.3) is 11.0 Å². The smallest absolute Gasteiger partial charge is 0.271 e. The second kappa shape index (κ2) is 5.88. The van der Waals surface area contributed by atoms with Crippen molar-refractivity contribution in [2.45, 2.75) is 13.3 Å². The highest BCUT2D eigenvalue weighted by Crippen LogP contribution is 2.12. The van der Waals surface area contributed by atoms with Gasteiger partial charge in [0.2, 0.25) is 0 Å². The molecule has 0 radical (unpaired) electrons. The zero-order valence-electron chi connectivity index (χ0n) is 11.9. The molecule has 0 spiro atoms. The molecule has 0 atom stereocenters. The van der Waals surface area contributed by atoms with Gasteiger partial charge in [0, 0.05) is 19.2 Å². The summed E-state index contributed by atoms with van der Waals surface area (Å²) >= 11 is 0. The minimum absolute atomic E-state index is 0.275. The average molecular weight is 299 g/mol. The molecule has 6 nitrogen and oxygen atoms in total. The number of aromatic nitrogens is 4. The SMILES string of the molecule is Cc1cnc(C(=O)NCCc2nc3ccc(F)cc3[nH]2)cn1. The predicted molar refractivity (Wildman–Crippen MR) is 78.9 cm³/mol. The molecule has 0 aliphatic carbocycles. The molecule has 3 aromatic rings. The fourth-order valence-electron chi connectivity index (χ4n) is 2.05. The molecular formula is C15H14FN5O. The lowest BCUT2D eigenvalue weighted by Crippen LogP contribution is -2.26. The zero-order valence-corrected chi connectivity index (χ0v) is 11.9. The molecule has 2 heterocycles. The number of aromatic amines is 1. The van der Waals surface area contributed by atoms with Crippen molar-refractivity contribution in [1.29, 1.82) is 0 Å². The lowest BCUT2D eigenvalue weighted by atomic mass is 10.3. The first kappa shape index (κ1) is 14.1. The van der Waals surface area contributed by atoms with Gasteiger partial charge in [-0.15, -0.1) is 0 Å². The molecule has 0 bridgehead atoms. The zero-order chi connectivity index (χ0) is 15.5. The monoisotopic (exact) mass is 299 g/mol. The number of imidazole rings is 1. The summed E-state index contributed by atoms with van der Waals surface area (Å²) in [5.41, 5.74) is 2.38. The Balaban J connectivity index is 1.59. The first-order valence-electron chi connectivity index (χ1n) is 6.83. The quantitative estimate of drug-likeness (QED) is 0.769. The number of amides is 1. The molecule has 3 rings (SSSR count). The topological polar surface area (TPSA) is 83.6 Å². The van der Waals surface area contributed by atoms with Crippen molar-refractivity contribution in [1.82, 2.24) is 25.3 Å². The lowest BCUT2D eigenvalue weighted by molar-refractivity contribution is 0.0948. The summed E-state index contributed by atoms with van der Waals surface area (Å²) in [6.07, 6.45) is 3.50. The number of H-pyrrole nitrogens is 1. The van der Waals surface area contributed by atoms with Crippen molar-refractivity contribution in [3.8, 4) is 0 Å². The van der Waals surface area contributed by atoms with Crippen LogP contribution in [-0.4, -0.2) is 32.4 Å². The summed E-state index contributed by atoms with van der Waals surface area (Å²) in [6.45, 7) is 2.20. The third kappa shape index (κ3) is 3.08. The van der Waals surface area contributed by atoms with Gasteiger partial charge >= 0.3 is 0 Å². The number of nitrogens with zero attached hydrogens (tertiary/aromatic N) is 3. The fraction of sp³-hybridized carbons (Fsp3) is 0.200. The third-order valence-electron chi connectivity index (χ3n) is 3.15. The van der Waals surface area contributed by atoms with E-state index in [0.717, 1.165) is 5.69 Å². The highest BCUT2D eigenvalue weighted by Gasteiger charge is 2.08. The van der Waals surface area contributed by atoms with Crippen molar-refractivity contribution in [3.05, 3.63) is 53.6 Å². The third-order valence-corrected chi connectivity index (χ3v) is 3.15. The van der Waals surface area contributed by atoms with Crippen molar-refractivity contribution >= 4 is 16.9 Å². The summed E-state index contributed by atoms with van der Waals surface area (Å²) in [5.74, 6) is 0.0968. The number of hydrogen-bond donors (Lipinski definition) is 2. The van der Waals surface area contributed by atoms with E-state index < -0.39 is 0 Å². The average Bonchev–Trinajstić information content (AvgIpc) is 2.89. The van der Waals surface area contributed by atoms with Crippen molar-refractivity contribution in [2.75, 3.05) is 6.54 Å². The van der Waals surface area contributed by atoms with Gasteiger partial charge in [-0.25, -0.2) is 14.4 Å². The van der Waals surface area contributed by atoms with E-state index in [1.165, 1.54) is 18.3 Å². The van der Waals surface area contributed by atoms with Gasteiger partial charge in [0.25, 0.3) is 5.91 Å². The van der Waals surface area contributed by atoms with Gasteiger partial charge in [-0.1, -0.05) is 0 Å². The second-order valence-electron chi connectivity index (χ2n) is 4.89. The van der Waals surface area contributed by atoms with Crippen LogP contribution in [0.3, 0.4) is 0 Å². The Morgan fingerprint density at radius 2 is 2.18 bits per heavy atom. The molecule has 0 saturated heterocycles. The molecule has 22 heavy (non-hydrogen) atoms. The largest absolute Gasteiger partial charge is 0.350 e. The van der Waals surface area contributed by atoms with E-state index >= 15 is 0 Å². The van der Waals surface area contributed by atoms with E-state index in [0.29, 0.717) is 29.8 Å². The number of rotatable bonds is 4.